The van der Waals surface area contributed by atoms with E-state index in [1.54, 1.807) is 12.1 Å². The summed E-state index contributed by atoms with van der Waals surface area (Å²) in [5.41, 5.74) is 2.16. The Balaban J connectivity index is 1.41. The quantitative estimate of drug-likeness (QED) is 0.668. The Morgan fingerprint density at radius 1 is 1.04 bits per heavy atom. The van der Waals surface area contributed by atoms with Gasteiger partial charge in [-0.3, -0.25) is 4.79 Å². The smallest absolute Gasteiger partial charge is 0.275 e. The highest BCUT2D eigenvalue weighted by atomic mass is 19.1. The number of amides is 1. The van der Waals surface area contributed by atoms with Crippen molar-refractivity contribution in [2.75, 3.05) is 32.7 Å². The van der Waals surface area contributed by atoms with Crippen LogP contribution < -0.4 is 15.1 Å². The summed E-state index contributed by atoms with van der Waals surface area (Å²) in [4.78, 5) is 15.1. The topological polar surface area (TPSA) is 38.0 Å². The van der Waals surface area contributed by atoms with Gasteiger partial charge in [0.1, 0.15) is 38.5 Å². The maximum atomic E-state index is 13.3. The molecule has 0 unspecified atom stereocenters. The third-order valence-corrected chi connectivity index (χ3v) is 5.09. The van der Waals surface area contributed by atoms with Crippen molar-refractivity contribution in [3.05, 3.63) is 71.5 Å². The third kappa shape index (κ3) is 5.38. The molecule has 1 atom stereocenters. The molecular formula is C21H28FN3O+2. The van der Waals surface area contributed by atoms with Crippen LogP contribution in [-0.4, -0.2) is 38.6 Å². The van der Waals surface area contributed by atoms with Crippen molar-refractivity contribution in [1.82, 2.24) is 5.32 Å². The van der Waals surface area contributed by atoms with Gasteiger partial charge in [0.25, 0.3) is 5.91 Å². The first-order chi connectivity index (χ1) is 12.6. The van der Waals surface area contributed by atoms with Gasteiger partial charge in [-0.2, -0.15) is 0 Å². The number of carbonyl (C=O) groups is 1. The molecule has 5 heteroatoms. The van der Waals surface area contributed by atoms with Crippen LogP contribution in [0.15, 0.2) is 54.6 Å². The van der Waals surface area contributed by atoms with Crippen LogP contribution in [0.4, 0.5) is 4.39 Å². The lowest BCUT2D eigenvalue weighted by Gasteiger charge is -2.29. The van der Waals surface area contributed by atoms with E-state index in [1.807, 2.05) is 43.3 Å². The van der Waals surface area contributed by atoms with Crippen molar-refractivity contribution in [2.45, 2.75) is 19.5 Å². The number of quaternary nitrogens is 2. The normalized spacial score (nSPS) is 21.2. The molecule has 1 aliphatic rings. The monoisotopic (exact) mass is 357 g/mol. The van der Waals surface area contributed by atoms with Gasteiger partial charge in [-0.15, -0.1) is 0 Å². The maximum Gasteiger partial charge on any atom is 0.275 e. The Kier molecular flexibility index (Phi) is 6.36. The lowest BCUT2D eigenvalue weighted by Crippen LogP contribution is -3.28. The SMILES string of the molecule is C[C@@H](NC(=O)C[NH+]1CC[NH+](Cc2cccc(F)c2)CC1)c1ccccc1. The van der Waals surface area contributed by atoms with E-state index < -0.39 is 0 Å². The van der Waals surface area contributed by atoms with Gasteiger partial charge < -0.3 is 15.1 Å². The summed E-state index contributed by atoms with van der Waals surface area (Å²) < 4.78 is 13.3. The molecule has 138 valence electrons. The first-order valence-corrected chi connectivity index (χ1v) is 9.36. The van der Waals surface area contributed by atoms with Crippen LogP contribution in [0.2, 0.25) is 0 Å². The lowest BCUT2D eigenvalue weighted by molar-refractivity contribution is -1.02. The van der Waals surface area contributed by atoms with Crippen LogP contribution in [0, 0.1) is 5.82 Å². The summed E-state index contributed by atoms with van der Waals surface area (Å²) in [6.07, 6.45) is 0. The summed E-state index contributed by atoms with van der Waals surface area (Å²) in [6, 6.07) is 16.9. The van der Waals surface area contributed by atoms with Crippen LogP contribution >= 0.6 is 0 Å². The number of piperazine rings is 1. The van der Waals surface area contributed by atoms with Gasteiger partial charge in [0.2, 0.25) is 0 Å². The van der Waals surface area contributed by atoms with Crippen LogP contribution in [-0.2, 0) is 11.3 Å². The Morgan fingerprint density at radius 3 is 2.42 bits per heavy atom. The van der Waals surface area contributed by atoms with Gasteiger partial charge >= 0.3 is 0 Å². The van der Waals surface area contributed by atoms with Crippen molar-refractivity contribution in [1.29, 1.82) is 0 Å². The lowest BCUT2D eigenvalue weighted by atomic mass is 10.1. The van der Waals surface area contributed by atoms with Gasteiger partial charge in [-0.05, 0) is 24.6 Å². The largest absolute Gasteiger partial charge is 0.345 e. The van der Waals surface area contributed by atoms with Crippen LogP contribution in [0.5, 0.6) is 0 Å². The minimum absolute atomic E-state index is 0.0305. The number of carbonyl (C=O) groups excluding carboxylic acids is 1. The first kappa shape index (κ1) is 18.5. The van der Waals surface area contributed by atoms with Crippen molar-refractivity contribution in [2.24, 2.45) is 0 Å². The summed E-state index contributed by atoms with van der Waals surface area (Å²) in [5, 5.41) is 3.09. The van der Waals surface area contributed by atoms with E-state index in [-0.39, 0.29) is 17.8 Å². The van der Waals surface area contributed by atoms with Crippen molar-refractivity contribution >= 4 is 5.91 Å². The molecule has 0 bridgehead atoms. The number of rotatable bonds is 6. The molecule has 1 heterocycles. The zero-order valence-electron chi connectivity index (χ0n) is 15.3. The molecule has 3 rings (SSSR count). The summed E-state index contributed by atoms with van der Waals surface area (Å²) >= 11 is 0. The number of nitrogens with one attached hydrogen (secondary N) is 3. The molecule has 1 saturated heterocycles. The zero-order chi connectivity index (χ0) is 18.4. The molecule has 0 saturated carbocycles. The number of hydrogen-bond donors (Lipinski definition) is 3. The maximum absolute atomic E-state index is 13.3. The number of hydrogen-bond acceptors (Lipinski definition) is 1. The van der Waals surface area contributed by atoms with E-state index >= 15 is 0 Å². The Hall–Kier alpha value is -2.24. The average molecular weight is 357 g/mol. The highest BCUT2D eigenvalue weighted by Gasteiger charge is 2.25. The Morgan fingerprint density at radius 2 is 1.73 bits per heavy atom. The predicted molar refractivity (Wildman–Crippen MR) is 99.4 cm³/mol. The van der Waals surface area contributed by atoms with Gasteiger partial charge in [-0.1, -0.05) is 42.5 Å². The van der Waals surface area contributed by atoms with Gasteiger partial charge in [0, 0.05) is 5.56 Å². The average Bonchev–Trinajstić information content (AvgIpc) is 2.64. The fourth-order valence-electron chi connectivity index (χ4n) is 3.59. The highest BCUT2D eigenvalue weighted by Crippen LogP contribution is 2.10. The standard InChI is InChI=1S/C21H26FN3O/c1-17(19-7-3-2-4-8-19)23-21(26)16-25-12-10-24(11-13-25)15-18-6-5-9-20(22)14-18/h2-9,14,17H,10-13,15-16H2,1H3,(H,23,26)/p+2/t17-/m1/s1. The number of benzene rings is 2. The van der Waals surface area contributed by atoms with E-state index in [2.05, 4.69) is 5.32 Å². The molecule has 0 aromatic heterocycles. The molecule has 1 aliphatic heterocycles. The zero-order valence-corrected chi connectivity index (χ0v) is 15.3. The van der Waals surface area contributed by atoms with Crippen LogP contribution in [0.25, 0.3) is 0 Å². The fourth-order valence-corrected chi connectivity index (χ4v) is 3.59. The van der Waals surface area contributed by atoms with Crippen LogP contribution in [0.3, 0.4) is 0 Å². The van der Waals surface area contributed by atoms with E-state index in [4.69, 9.17) is 0 Å². The van der Waals surface area contributed by atoms with Crippen molar-refractivity contribution in [3.8, 4) is 0 Å². The molecule has 3 N–H and O–H groups in total. The summed E-state index contributed by atoms with van der Waals surface area (Å²) in [6.45, 7) is 7.34. The summed E-state index contributed by atoms with van der Waals surface area (Å²) in [5.74, 6) is -0.0692. The highest BCUT2D eigenvalue weighted by molar-refractivity contribution is 5.77. The molecule has 2 aromatic rings. The van der Waals surface area contributed by atoms with Crippen LogP contribution in [0.1, 0.15) is 24.1 Å². The Labute approximate surface area is 154 Å². The first-order valence-electron chi connectivity index (χ1n) is 9.36. The molecular weight excluding hydrogens is 329 g/mol. The van der Waals surface area contributed by atoms with E-state index in [9.17, 15) is 9.18 Å². The molecule has 1 amide bonds. The van der Waals surface area contributed by atoms with Crippen molar-refractivity contribution in [3.63, 3.8) is 0 Å². The fraction of sp³-hybridized carbons (Fsp3) is 0.381. The summed E-state index contributed by atoms with van der Waals surface area (Å²) in [7, 11) is 0. The number of halogens is 1. The van der Waals surface area contributed by atoms with E-state index in [0.29, 0.717) is 6.54 Å². The third-order valence-electron chi connectivity index (χ3n) is 5.09. The molecule has 1 fully saturated rings. The second-order valence-electron chi connectivity index (χ2n) is 7.18. The van der Waals surface area contributed by atoms with E-state index in [1.165, 1.54) is 15.9 Å². The second kappa shape index (κ2) is 8.92. The second-order valence-corrected chi connectivity index (χ2v) is 7.18. The molecule has 2 aromatic carbocycles. The van der Waals surface area contributed by atoms with Gasteiger partial charge in [0.15, 0.2) is 6.54 Å². The van der Waals surface area contributed by atoms with Crippen molar-refractivity contribution < 1.29 is 19.0 Å². The minimum atomic E-state index is -0.171. The van der Waals surface area contributed by atoms with Gasteiger partial charge in [-0.25, -0.2) is 4.39 Å². The molecule has 0 aliphatic carbocycles. The minimum Gasteiger partial charge on any atom is -0.345 e. The molecule has 0 spiro atoms. The van der Waals surface area contributed by atoms with E-state index in [0.717, 1.165) is 43.9 Å². The molecule has 0 radical (unpaired) electrons. The van der Waals surface area contributed by atoms with Gasteiger partial charge in [0.05, 0.1) is 6.04 Å². The molecule has 26 heavy (non-hydrogen) atoms. The molecule has 4 nitrogen and oxygen atoms in total. The predicted octanol–water partition coefficient (Wildman–Crippen LogP) is -0.0135. The Bertz CT molecular complexity index is 714.